The van der Waals surface area contributed by atoms with Crippen molar-refractivity contribution in [3.05, 3.63) is 54.1 Å². The molecule has 2 aromatic carbocycles. The second-order valence-corrected chi connectivity index (χ2v) is 4.27. The van der Waals surface area contributed by atoms with E-state index in [1.165, 1.54) is 11.3 Å². The molecule has 0 spiro atoms. The fraction of sp³-hybridized carbons (Fsp3) is 0.200. The van der Waals surface area contributed by atoms with Crippen molar-refractivity contribution in [2.24, 2.45) is 0 Å². The summed E-state index contributed by atoms with van der Waals surface area (Å²) in [5.41, 5.74) is 8.93. The van der Waals surface area contributed by atoms with Crippen LogP contribution in [0.4, 0.5) is 11.4 Å². The third-order valence-corrected chi connectivity index (χ3v) is 2.91. The Balaban J connectivity index is 2.12. The summed E-state index contributed by atoms with van der Waals surface area (Å²) in [5, 5.41) is 0. The van der Waals surface area contributed by atoms with Gasteiger partial charge in [0.15, 0.2) is 0 Å². The van der Waals surface area contributed by atoms with Gasteiger partial charge >= 0.3 is 0 Å². The molecular weight excluding hydrogens is 224 g/mol. The average molecular weight is 242 g/mol. The first-order chi connectivity index (χ1) is 8.70. The molecule has 3 heteroatoms. The van der Waals surface area contributed by atoms with Crippen molar-refractivity contribution in [1.82, 2.24) is 0 Å². The molecule has 2 N–H and O–H groups in total. The van der Waals surface area contributed by atoms with Gasteiger partial charge < -0.3 is 15.4 Å². The molecule has 2 aromatic rings. The average Bonchev–Trinajstić information content (AvgIpc) is 2.40. The Morgan fingerprint density at radius 2 is 1.83 bits per heavy atom. The molecule has 0 aliphatic heterocycles. The largest absolute Gasteiger partial charge is 0.495 e. The minimum absolute atomic E-state index is 0.677. The van der Waals surface area contributed by atoms with E-state index in [4.69, 9.17) is 10.5 Å². The molecule has 2 rings (SSSR count). The molecule has 0 aliphatic carbocycles. The number of anilines is 2. The summed E-state index contributed by atoms with van der Waals surface area (Å²) >= 11 is 0. The third-order valence-electron chi connectivity index (χ3n) is 2.91. The highest BCUT2D eigenvalue weighted by molar-refractivity contribution is 5.55. The van der Waals surface area contributed by atoms with E-state index in [1.54, 1.807) is 7.11 Å². The number of benzene rings is 2. The number of hydrogen-bond donors (Lipinski definition) is 1. The summed E-state index contributed by atoms with van der Waals surface area (Å²) in [4.78, 5) is 2.18. The van der Waals surface area contributed by atoms with Gasteiger partial charge in [-0.3, -0.25) is 0 Å². The van der Waals surface area contributed by atoms with E-state index in [-0.39, 0.29) is 0 Å². The van der Waals surface area contributed by atoms with E-state index in [9.17, 15) is 0 Å². The maximum Gasteiger partial charge on any atom is 0.141 e. The van der Waals surface area contributed by atoms with Crippen LogP contribution in [-0.2, 0) is 6.54 Å². The van der Waals surface area contributed by atoms with E-state index >= 15 is 0 Å². The van der Waals surface area contributed by atoms with E-state index in [2.05, 4.69) is 24.1 Å². The summed E-state index contributed by atoms with van der Waals surface area (Å²) in [7, 11) is 3.69. The Labute approximate surface area is 108 Å². The van der Waals surface area contributed by atoms with Crippen LogP contribution >= 0.6 is 0 Å². The fourth-order valence-corrected chi connectivity index (χ4v) is 1.93. The first-order valence-corrected chi connectivity index (χ1v) is 5.89. The highest BCUT2D eigenvalue weighted by Gasteiger charge is 2.04. The molecule has 0 bridgehead atoms. The van der Waals surface area contributed by atoms with Crippen LogP contribution in [0.25, 0.3) is 0 Å². The topological polar surface area (TPSA) is 38.5 Å². The van der Waals surface area contributed by atoms with Gasteiger partial charge in [0.1, 0.15) is 5.75 Å². The Morgan fingerprint density at radius 3 is 2.44 bits per heavy atom. The van der Waals surface area contributed by atoms with Crippen LogP contribution in [0, 0.1) is 0 Å². The first-order valence-electron chi connectivity index (χ1n) is 5.89. The van der Waals surface area contributed by atoms with Gasteiger partial charge in [-0.2, -0.15) is 0 Å². The van der Waals surface area contributed by atoms with Crippen LogP contribution in [-0.4, -0.2) is 14.2 Å². The van der Waals surface area contributed by atoms with Crippen molar-refractivity contribution in [1.29, 1.82) is 0 Å². The molecule has 0 unspecified atom stereocenters. The molecule has 3 nitrogen and oxygen atoms in total. The fourth-order valence-electron chi connectivity index (χ4n) is 1.93. The zero-order chi connectivity index (χ0) is 13.0. The van der Waals surface area contributed by atoms with Gasteiger partial charge in [0, 0.05) is 19.3 Å². The number of rotatable bonds is 4. The molecule has 94 valence electrons. The van der Waals surface area contributed by atoms with Crippen LogP contribution < -0.4 is 15.4 Å². The minimum atomic E-state index is 0.677. The quantitative estimate of drug-likeness (QED) is 0.838. The lowest BCUT2D eigenvalue weighted by molar-refractivity contribution is 0.417. The van der Waals surface area contributed by atoms with Crippen LogP contribution in [0.3, 0.4) is 0 Å². The molecule has 0 saturated carbocycles. The predicted molar refractivity (Wildman–Crippen MR) is 76.0 cm³/mol. The highest BCUT2D eigenvalue weighted by Crippen LogP contribution is 2.23. The first kappa shape index (κ1) is 12.3. The molecule has 0 saturated heterocycles. The van der Waals surface area contributed by atoms with Gasteiger partial charge in [0.25, 0.3) is 0 Å². The third kappa shape index (κ3) is 2.74. The second kappa shape index (κ2) is 5.45. The SMILES string of the molecule is COc1ccc(CN(C)c2ccccc2)cc1N. The summed E-state index contributed by atoms with van der Waals surface area (Å²) < 4.78 is 5.15. The van der Waals surface area contributed by atoms with Crippen LogP contribution in [0.5, 0.6) is 5.75 Å². The number of nitrogens with zero attached hydrogens (tertiary/aromatic N) is 1. The summed E-state index contributed by atoms with van der Waals surface area (Å²) in [6.45, 7) is 0.818. The predicted octanol–water partition coefficient (Wildman–Crippen LogP) is 2.91. The van der Waals surface area contributed by atoms with Crippen molar-refractivity contribution in [2.75, 3.05) is 24.8 Å². The van der Waals surface area contributed by atoms with Gasteiger partial charge in [0.05, 0.1) is 12.8 Å². The number of nitrogens with two attached hydrogens (primary N) is 1. The monoisotopic (exact) mass is 242 g/mol. The molecular formula is C15H18N2O. The summed E-state index contributed by atoms with van der Waals surface area (Å²) in [6, 6.07) is 16.2. The number of ether oxygens (including phenoxy) is 1. The maximum atomic E-state index is 5.90. The van der Waals surface area contributed by atoms with Crippen LogP contribution in [0.15, 0.2) is 48.5 Å². The lowest BCUT2D eigenvalue weighted by atomic mass is 10.1. The highest BCUT2D eigenvalue weighted by atomic mass is 16.5. The standard InChI is InChI=1S/C15H18N2O/c1-17(13-6-4-3-5-7-13)11-12-8-9-15(18-2)14(16)10-12/h3-10H,11,16H2,1-2H3. The van der Waals surface area contributed by atoms with Crippen molar-refractivity contribution >= 4 is 11.4 Å². The molecule has 0 aliphatic rings. The summed E-state index contributed by atoms with van der Waals surface area (Å²) in [5.74, 6) is 0.723. The van der Waals surface area contributed by atoms with E-state index in [0.29, 0.717) is 5.69 Å². The molecule has 0 fully saturated rings. The molecule has 18 heavy (non-hydrogen) atoms. The Hall–Kier alpha value is -2.16. The van der Waals surface area contributed by atoms with Gasteiger partial charge in [0.2, 0.25) is 0 Å². The number of hydrogen-bond acceptors (Lipinski definition) is 3. The van der Waals surface area contributed by atoms with E-state index in [1.807, 2.05) is 36.4 Å². The minimum Gasteiger partial charge on any atom is -0.495 e. The molecule has 0 aromatic heterocycles. The molecule has 0 heterocycles. The lowest BCUT2D eigenvalue weighted by Crippen LogP contribution is -2.16. The summed E-state index contributed by atoms with van der Waals surface area (Å²) in [6.07, 6.45) is 0. The maximum absolute atomic E-state index is 5.90. The van der Waals surface area contributed by atoms with Crippen molar-refractivity contribution < 1.29 is 4.74 Å². The van der Waals surface area contributed by atoms with Crippen LogP contribution in [0.1, 0.15) is 5.56 Å². The Kier molecular flexibility index (Phi) is 3.72. The smallest absolute Gasteiger partial charge is 0.141 e. The molecule has 0 atom stereocenters. The normalized spacial score (nSPS) is 10.1. The zero-order valence-electron chi connectivity index (χ0n) is 10.8. The zero-order valence-corrected chi connectivity index (χ0v) is 10.8. The number of para-hydroxylation sites is 1. The van der Waals surface area contributed by atoms with Gasteiger partial charge in [-0.1, -0.05) is 24.3 Å². The lowest BCUT2D eigenvalue weighted by Gasteiger charge is -2.19. The van der Waals surface area contributed by atoms with Gasteiger partial charge in [-0.25, -0.2) is 0 Å². The van der Waals surface area contributed by atoms with Gasteiger partial charge in [-0.15, -0.1) is 0 Å². The van der Waals surface area contributed by atoms with E-state index < -0.39 is 0 Å². The van der Waals surface area contributed by atoms with Crippen molar-refractivity contribution in [3.8, 4) is 5.75 Å². The molecule has 0 amide bonds. The second-order valence-electron chi connectivity index (χ2n) is 4.27. The number of methoxy groups -OCH3 is 1. The Bertz CT molecular complexity index is 511. The van der Waals surface area contributed by atoms with Crippen LogP contribution in [0.2, 0.25) is 0 Å². The van der Waals surface area contributed by atoms with Crippen molar-refractivity contribution in [3.63, 3.8) is 0 Å². The van der Waals surface area contributed by atoms with E-state index in [0.717, 1.165) is 12.3 Å². The molecule has 0 radical (unpaired) electrons. The number of nitrogen functional groups attached to an aromatic ring is 1. The van der Waals surface area contributed by atoms with Crippen molar-refractivity contribution in [2.45, 2.75) is 6.54 Å². The Morgan fingerprint density at radius 1 is 1.11 bits per heavy atom. The van der Waals surface area contributed by atoms with Gasteiger partial charge in [-0.05, 0) is 29.8 Å².